The number of nitrogens with one attached hydrogen (secondary N) is 2. The zero-order valence-electron chi connectivity index (χ0n) is 25.4. The van der Waals surface area contributed by atoms with Crippen molar-refractivity contribution >= 4 is 40.8 Å². The standard InChI is InChI=1S/C30H38N6O8/c1-6-31-21(13-12-17(2)30(40)41-5)14-22-24(42-18(3)37)25(43-19(4)38)29(44-22)36-16-34-23-26(32-15-33-27(23)36)35-28(39)20-10-8-7-9-11-20/h7-11,15-17,21-22,24-25,29,31H,6,12-14H2,1-5H3,(H,32,33,35,39)/t17-,21-,22+,24-,25?,29+/m0/s1. The van der Waals surface area contributed by atoms with Crippen LogP contribution in [0, 0.1) is 5.92 Å². The van der Waals surface area contributed by atoms with Gasteiger partial charge in [0.25, 0.3) is 5.91 Å². The van der Waals surface area contributed by atoms with E-state index in [9.17, 15) is 19.2 Å². The van der Waals surface area contributed by atoms with E-state index < -0.39 is 36.5 Å². The van der Waals surface area contributed by atoms with E-state index in [1.165, 1.54) is 33.6 Å². The SMILES string of the molecule is CCN[C@@H](CC[C@H](C)C(=O)OC)C[C@H]1O[C@@H](n2cnc3c(NC(=O)c4ccccc4)ncnc32)C(OC(C)=O)[C@H]1OC(C)=O. The highest BCUT2D eigenvalue weighted by Crippen LogP contribution is 2.38. The summed E-state index contributed by atoms with van der Waals surface area (Å²) in [5.41, 5.74) is 1.04. The number of aromatic nitrogens is 4. The van der Waals surface area contributed by atoms with E-state index in [2.05, 4.69) is 25.6 Å². The Morgan fingerprint density at radius 1 is 1.00 bits per heavy atom. The molecule has 2 N–H and O–H groups in total. The summed E-state index contributed by atoms with van der Waals surface area (Å²) >= 11 is 0. The average molecular weight is 611 g/mol. The fourth-order valence-corrected chi connectivity index (χ4v) is 5.31. The van der Waals surface area contributed by atoms with Gasteiger partial charge in [0.2, 0.25) is 0 Å². The maximum atomic E-state index is 12.8. The average Bonchev–Trinajstić information content (AvgIpc) is 3.57. The Hall–Kier alpha value is -4.43. The van der Waals surface area contributed by atoms with Crippen LogP contribution in [0.25, 0.3) is 11.2 Å². The molecule has 0 spiro atoms. The fourth-order valence-electron chi connectivity index (χ4n) is 5.31. The molecule has 0 radical (unpaired) electrons. The third-order valence-electron chi connectivity index (χ3n) is 7.35. The van der Waals surface area contributed by atoms with Crippen LogP contribution < -0.4 is 10.6 Å². The number of hydrogen-bond acceptors (Lipinski definition) is 12. The molecule has 44 heavy (non-hydrogen) atoms. The highest BCUT2D eigenvalue weighted by atomic mass is 16.6. The first-order valence-electron chi connectivity index (χ1n) is 14.5. The molecule has 2 aromatic heterocycles. The summed E-state index contributed by atoms with van der Waals surface area (Å²) in [6.07, 6.45) is 0.646. The second kappa shape index (κ2) is 14.8. The first-order valence-corrected chi connectivity index (χ1v) is 14.5. The lowest BCUT2D eigenvalue weighted by Crippen LogP contribution is -2.42. The van der Waals surface area contributed by atoms with Crippen molar-refractivity contribution in [1.29, 1.82) is 0 Å². The van der Waals surface area contributed by atoms with Crippen LogP contribution in [-0.2, 0) is 33.3 Å². The molecule has 14 heteroatoms. The van der Waals surface area contributed by atoms with Gasteiger partial charge >= 0.3 is 17.9 Å². The van der Waals surface area contributed by atoms with E-state index in [1.807, 2.05) is 13.0 Å². The molecule has 1 unspecified atom stereocenters. The van der Waals surface area contributed by atoms with E-state index in [-0.39, 0.29) is 35.2 Å². The number of rotatable bonds is 13. The van der Waals surface area contributed by atoms with E-state index in [1.54, 1.807) is 35.8 Å². The highest BCUT2D eigenvalue weighted by Gasteiger charge is 2.51. The number of carbonyl (C=O) groups excluding carboxylic acids is 4. The number of ether oxygens (including phenoxy) is 4. The number of esters is 3. The summed E-state index contributed by atoms with van der Waals surface area (Å²) in [5, 5.41) is 6.17. The molecule has 4 rings (SSSR count). The molecule has 236 valence electrons. The van der Waals surface area contributed by atoms with Crippen LogP contribution in [-0.4, -0.2) is 81.3 Å². The summed E-state index contributed by atoms with van der Waals surface area (Å²) in [7, 11) is 1.36. The minimum Gasteiger partial charge on any atom is -0.469 e. The molecule has 1 aliphatic heterocycles. The molecule has 1 fully saturated rings. The first kappa shape index (κ1) is 32.5. The van der Waals surface area contributed by atoms with Gasteiger partial charge in [-0.05, 0) is 37.9 Å². The molecule has 0 bridgehead atoms. The minimum atomic E-state index is -1.03. The molecule has 1 saturated heterocycles. The van der Waals surface area contributed by atoms with Crippen molar-refractivity contribution in [2.45, 2.75) is 77.5 Å². The van der Waals surface area contributed by atoms with Crippen molar-refractivity contribution in [3.05, 3.63) is 48.5 Å². The maximum Gasteiger partial charge on any atom is 0.308 e. The lowest BCUT2D eigenvalue weighted by molar-refractivity contribution is -0.165. The number of benzene rings is 1. The second-order valence-corrected chi connectivity index (χ2v) is 10.6. The quantitative estimate of drug-likeness (QED) is 0.214. The van der Waals surface area contributed by atoms with Crippen LogP contribution in [0.2, 0.25) is 0 Å². The molecule has 3 aromatic rings. The van der Waals surface area contributed by atoms with Crippen molar-refractivity contribution in [2.24, 2.45) is 5.92 Å². The number of hydrogen-bond donors (Lipinski definition) is 2. The third-order valence-corrected chi connectivity index (χ3v) is 7.35. The van der Waals surface area contributed by atoms with Crippen molar-refractivity contribution in [3.63, 3.8) is 0 Å². The Bertz CT molecular complexity index is 1460. The Balaban J connectivity index is 1.64. The number of imidazole rings is 1. The molecule has 14 nitrogen and oxygen atoms in total. The van der Waals surface area contributed by atoms with Gasteiger partial charge in [0.15, 0.2) is 35.4 Å². The minimum absolute atomic E-state index is 0.117. The number of anilines is 1. The molecule has 6 atom stereocenters. The molecule has 1 amide bonds. The monoisotopic (exact) mass is 610 g/mol. The van der Waals surface area contributed by atoms with Gasteiger partial charge in [0.1, 0.15) is 12.4 Å². The smallest absolute Gasteiger partial charge is 0.308 e. The van der Waals surface area contributed by atoms with E-state index >= 15 is 0 Å². The zero-order valence-corrected chi connectivity index (χ0v) is 25.4. The molecule has 1 aromatic carbocycles. The van der Waals surface area contributed by atoms with Gasteiger partial charge in [-0.25, -0.2) is 15.0 Å². The van der Waals surface area contributed by atoms with Gasteiger partial charge in [0, 0.05) is 25.5 Å². The van der Waals surface area contributed by atoms with Crippen molar-refractivity contribution in [1.82, 2.24) is 24.8 Å². The Morgan fingerprint density at radius 2 is 1.70 bits per heavy atom. The lowest BCUT2D eigenvalue weighted by Gasteiger charge is -2.26. The van der Waals surface area contributed by atoms with Gasteiger partial charge < -0.3 is 29.6 Å². The predicted octanol–water partition coefficient (Wildman–Crippen LogP) is 2.80. The van der Waals surface area contributed by atoms with Crippen molar-refractivity contribution in [3.8, 4) is 0 Å². The third kappa shape index (κ3) is 7.74. The van der Waals surface area contributed by atoms with E-state index in [0.29, 0.717) is 37.0 Å². The molecule has 0 aliphatic carbocycles. The van der Waals surface area contributed by atoms with Gasteiger partial charge in [0.05, 0.1) is 19.4 Å². The molecule has 0 saturated carbocycles. The number of amides is 1. The summed E-state index contributed by atoms with van der Waals surface area (Å²) in [5.74, 6) is -1.94. The summed E-state index contributed by atoms with van der Waals surface area (Å²) in [6, 6.07) is 8.54. The van der Waals surface area contributed by atoms with Gasteiger partial charge in [-0.2, -0.15) is 0 Å². The lowest BCUT2D eigenvalue weighted by atomic mass is 9.95. The van der Waals surface area contributed by atoms with E-state index in [0.717, 1.165) is 0 Å². The van der Waals surface area contributed by atoms with Crippen LogP contribution in [0.4, 0.5) is 5.82 Å². The molecular weight excluding hydrogens is 572 g/mol. The Kier molecular flexibility index (Phi) is 11.0. The van der Waals surface area contributed by atoms with Crippen LogP contribution >= 0.6 is 0 Å². The number of carbonyl (C=O) groups is 4. The van der Waals surface area contributed by atoms with Crippen LogP contribution in [0.1, 0.15) is 63.5 Å². The summed E-state index contributed by atoms with van der Waals surface area (Å²) in [4.78, 5) is 62.3. The molecule has 3 heterocycles. The van der Waals surface area contributed by atoms with Gasteiger partial charge in [-0.1, -0.05) is 32.0 Å². The molecular formula is C30H38N6O8. The fraction of sp³-hybridized carbons (Fsp3) is 0.500. The number of methoxy groups -OCH3 is 1. The Labute approximate surface area is 254 Å². The normalized spacial score (nSPS) is 20.9. The largest absolute Gasteiger partial charge is 0.469 e. The van der Waals surface area contributed by atoms with Crippen LogP contribution in [0.5, 0.6) is 0 Å². The second-order valence-electron chi connectivity index (χ2n) is 10.6. The van der Waals surface area contributed by atoms with Crippen molar-refractivity contribution in [2.75, 3.05) is 19.0 Å². The zero-order chi connectivity index (χ0) is 31.8. The topological polar surface area (TPSA) is 173 Å². The van der Waals surface area contributed by atoms with Crippen LogP contribution in [0.15, 0.2) is 43.0 Å². The maximum absolute atomic E-state index is 12.8. The highest BCUT2D eigenvalue weighted by molar-refractivity contribution is 6.06. The predicted molar refractivity (Wildman–Crippen MR) is 157 cm³/mol. The summed E-state index contributed by atoms with van der Waals surface area (Å²) < 4.78 is 24.3. The number of nitrogens with zero attached hydrogens (tertiary/aromatic N) is 4. The van der Waals surface area contributed by atoms with E-state index in [4.69, 9.17) is 18.9 Å². The van der Waals surface area contributed by atoms with Crippen molar-refractivity contribution < 1.29 is 38.1 Å². The molecule has 1 aliphatic rings. The van der Waals surface area contributed by atoms with Crippen LogP contribution in [0.3, 0.4) is 0 Å². The van der Waals surface area contributed by atoms with Gasteiger partial charge in [-0.3, -0.25) is 23.7 Å². The summed E-state index contributed by atoms with van der Waals surface area (Å²) in [6.45, 7) is 6.95. The number of fused-ring (bicyclic) bond motifs is 1. The Morgan fingerprint density at radius 3 is 2.36 bits per heavy atom. The first-order chi connectivity index (χ1) is 21.1. The van der Waals surface area contributed by atoms with Gasteiger partial charge in [-0.15, -0.1) is 0 Å².